The van der Waals surface area contributed by atoms with Gasteiger partial charge in [0, 0.05) is 11.1 Å². The Kier molecular flexibility index (Phi) is 5.97. The van der Waals surface area contributed by atoms with E-state index >= 15 is 0 Å². The van der Waals surface area contributed by atoms with Crippen molar-refractivity contribution in [1.29, 1.82) is 0 Å². The number of carbonyl (C=O) groups excluding carboxylic acids is 3. The fourth-order valence-electron chi connectivity index (χ4n) is 1.92. The standard InChI is InChI=1S/C17H15N3O5/c1-25-17(23)12-7-5-11(6-8-12)10-18-19-15(21)13-3-2-4-14(9-13)16(22)20-24/h2-10,24H,1H3,(H,19,21)(H,20,22)/b18-10+. The van der Waals surface area contributed by atoms with Gasteiger partial charge < -0.3 is 4.74 Å². The second-order valence-corrected chi connectivity index (χ2v) is 4.83. The highest BCUT2D eigenvalue weighted by Crippen LogP contribution is 2.06. The summed E-state index contributed by atoms with van der Waals surface area (Å²) < 4.78 is 4.60. The molecule has 0 fully saturated rings. The molecule has 0 heterocycles. The molecule has 25 heavy (non-hydrogen) atoms. The fourth-order valence-corrected chi connectivity index (χ4v) is 1.92. The summed E-state index contributed by atoms with van der Waals surface area (Å²) in [5.41, 5.74) is 5.24. The molecular formula is C17H15N3O5. The van der Waals surface area contributed by atoms with Crippen molar-refractivity contribution in [3.8, 4) is 0 Å². The number of methoxy groups -OCH3 is 1. The first kappa shape index (κ1) is 17.8. The minimum absolute atomic E-state index is 0.137. The number of ether oxygens (including phenoxy) is 1. The number of carbonyl (C=O) groups is 3. The normalized spacial score (nSPS) is 10.3. The van der Waals surface area contributed by atoms with Crippen LogP contribution in [-0.2, 0) is 4.74 Å². The molecule has 0 unspecified atom stereocenters. The van der Waals surface area contributed by atoms with Crippen molar-refractivity contribution in [2.75, 3.05) is 7.11 Å². The van der Waals surface area contributed by atoms with Crippen LogP contribution < -0.4 is 10.9 Å². The van der Waals surface area contributed by atoms with Crippen LogP contribution in [0.15, 0.2) is 53.6 Å². The molecule has 0 atom stereocenters. The number of amides is 2. The number of nitrogens with one attached hydrogen (secondary N) is 2. The number of nitrogens with zero attached hydrogens (tertiary/aromatic N) is 1. The van der Waals surface area contributed by atoms with E-state index in [1.54, 1.807) is 24.3 Å². The Morgan fingerprint density at radius 2 is 1.64 bits per heavy atom. The van der Waals surface area contributed by atoms with Crippen LogP contribution in [-0.4, -0.2) is 36.3 Å². The third-order valence-electron chi connectivity index (χ3n) is 3.20. The minimum Gasteiger partial charge on any atom is -0.465 e. The van der Waals surface area contributed by atoms with E-state index in [0.717, 1.165) is 0 Å². The van der Waals surface area contributed by atoms with Crippen LogP contribution in [0.5, 0.6) is 0 Å². The Morgan fingerprint density at radius 3 is 2.24 bits per heavy atom. The van der Waals surface area contributed by atoms with Crippen molar-refractivity contribution in [3.63, 3.8) is 0 Å². The molecular weight excluding hydrogens is 326 g/mol. The van der Waals surface area contributed by atoms with E-state index in [1.807, 2.05) is 0 Å². The van der Waals surface area contributed by atoms with E-state index in [2.05, 4.69) is 15.3 Å². The van der Waals surface area contributed by atoms with Crippen molar-refractivity contribution >= 4 is 24.0 Å². The van der Waals surface area contributed by atoms with Crippen molar-refractivity contribution in [2.45, 2.75) is 0 Å². The fraction of sp³-hybridized carbons (Fsp3) is 0.0588. The number of hydrogen-bond acceptors (Lipinski definition) is 6. The van der Waals surface area contributed by atoms with Crippen molar-refractivity contribution in [1.82, 2.24) is 10.9 Å². The molecule has 2 aromatic rings. The number of esters is 1. The zero-order chi connectivity index (χ0) is 18.2. The summed E-state index contributed by atoms with van der Waals surface area (Å²) in [7, 11) is 1.30. The molecule has 2 amide bonds. The SMILES string of the molecule is COC(=O)c1ccc(/C=N/NC(=O)c2cccc(C(=O)NO)c2)cc1. The monoisotopic (exact) mass is 341 g/mol. The van der Waals surface area contributed by atoms with Crippen LogP contribution in [0.1, 0.15) is 36.6 Å². The summed E-state index contributed by atoms with van der Waals surface area (Å²) in [5, 5.41) is 12.4. The molecule has 0 saturated carbocycles. The second-order valence-electron chi connectivity index (χ2n) is 4.83. The smallest absolute Gasteiger partial charge is 0.337 e. The van der Waals surface area contributed by atoms with E-state index in [4.69, 9.17) is 5.21 Å². The average Bonchev–Trinajstić information content (AvgIpc) is 2.67. The van der Waals surface area contributed by atoms with Crippen LogP contribution in [0.4, 0.5) is 0 Å². The van der Waals surface area contributed by atoms with Gasteiger partial charge in [0.05, 0.1) is 18.9 Å². The molecule has 0 saturated heterocycles. The number of hydrazone groups is 1. The molecule has 0 aliphatic carbocycles. The summed E-state index contributed by atoms with van der Waals surface area (Å²) in [4.78, 5) is 34.7. The largest absolute Gasteiger partial charge is 0.465 e. The summed E-state index contributed by atoms with van der Waals surface area (Å²) in [6.07, 6.45) is 1.41. The Hall–Kier alpha value is -3.52. The van der Waals surface area contributed by atoms with Gasteiger partial charge in [-0.25, -0.2) is 15.7 Å². The zero-order valence-electron chi connectivity index (χ0n) is 13.2. The van der Waals surface area contributed by atoms with E-state index in [0.29, 0.717) is 11.1 Å². The predicted octanol–water partition coefficient (Wildman–Crippen LogP) is 1.36. The lowest BCUT2D eigenvalue weighted by Crippen LogP contribution is -2.21. The minimum atomic E-state index is -0.719. The molecule has 0 aromatic heterocycles. The predicted molar refractivity (Wildman–Crippen MR) is 88.5 cm³/mol. The molecule has 2 aromatic carbocycles. The van der Waals surface area contributed by atoms with Gasteiger partial charge in [-0.1, -0.05) is 18.2 Å². The second kappa shape index (κ2) is 8.37. The third-order valence-corrected chi connectivity index (χ3v) is 3.20. The van der Waals surface area contributed by atoms with E-state index in [1.165, 1.54) is 43.1 Å². The van der Waals surface area contributed by atoms with Gasteiger partial charge in [0.1, 0.15) is 0 Å². The van der Waals surface area contributed by atoms with Gasteiger partial charge in [-0.3, -0.25) is 14.8 Å². The molecule has 0 aliphatic heterocycles. The first-order chi connectivity index (χ1) is 12.0. The maximum absolute atomic E-state index is 12.0. The molecule has 3 N–H and O–H groups in total. The molecule has 0 aliphatic rings. The lowest BCUT2D eigenvalue weighted by Gasteiger charge is -2.03. The summed E-state index contributed by atoms with van der Waals surface area (Å²) >= 11 is 0. The van der Waals surface area contributed by atoms with Crippen LogP contribution in [0.2, 0.25) is 0 Å². The maximum Gasteiger partial charge on any atom is 0.337 e. The number of benzene rings is 2. The Morgan fingerprint density at radius 1 is 1.00 bits per heavy atom. The molecule has 0 spiro atoms. The van der Waals surface area contributed by atoms with Crippen LogP contribution in [0, 0.1) is 0 Å². The zero-order valence-corrected chi connectivity index (χ0v) is 13.2. The van der Waals surface area contributed by atoms with Crippen molar-refractivity contribution < 1.29 is 24.3 Å². The maximum atomic E-state index is 12.0. The summed E-state index contributed by atoms with van der Waals surface area (Å²) in [6, 6.07) is 12.2. The van der Waals surface area contributed by atoms with Crippen LogP contribution in [0.3, 0.4) is 0 Å². The van der Waals surface area contributed by atoms with Crippen molar-refractivity contribution in [2.24, 2.45) is 5.10 Å². The van der Waals surface area contributed by atoms with Crippen LogP contribution >= 0.6 is 0 Å². The first-order valence-electron chi connectivity index (χ1n) is 7.11. The lowest BCUT2D eigenvalue weighted by molar-refractivity contribution is 0.0600. The van der Waals surface area contributed by atoms with E-state index in [-0.39, 0.29) is 11.1 Å². The van der Waals surface area contributed by atoms with Gasteiger partial charge in [-0.05, 0) is 35.9 Å². The van der Waals surface area contributed by atoms with Gasteiger partial charge in [-0.15, -0.1) is 0 Å². The summed E-state index contributed by atoms with van der Waals surface area (Å²) in [5.74, 6) is -1.68. The number of hydrogen-bond donors (Lipinski definition) is 3. The molecule has 2 rings (SSSR count). The Labute approximate surface area is 143 Å². The molecule has 0 radical (unpaired) electrons. The highest BCUT2D eigenvalue weighted by molar-refractivity contribution is 5.99. The highest BCUT2D eigenvalue weighted by atomic mass is 16.5. The molecule has 0 bridgehead atoms. The first-order valence-corrected chi connectivity index (χ1v) is 7.11. The topological polar surface area (TPSA) is 117 Å². The van der Waals surface area contributed by atoms with Crippen molar-refractivity contribution in [3.05, 3.63) is 70.8 Å². The highest BCUT2D eigenvalue weighted by Gasteiger charge is 2.09. The Balaban J connectivity index is 2.01. The van der Waals surface area contributed by atoms with Crippen LogP contribution in [0.25, 0.3) is 0 Å². The van der Waals surface area contributed by atoms with Gasteiger partial charge in [0.2, 0.25) is 0 Å². The van der Waals surface area contributed by atoms with E-state index in [9.17, 15) is 14.4 Å². The third kappa shape index (κ3) is 4.72. The molecule has 8 nitrogen and oxygen atoms in total. The molecule has 128 valence electrons. The number of rotatable bonds is 5. The lowest BCUT2D eigenvalue weighted by atomic mass is 10.1. The number of hydroxylamine groups is 1. The van der Waals surface area contributed by atoms with Gasteiger partial charge in [-0.2, -0.15) is 5.10 Å². The van der Waals surface area contributed by atoms with E-state index < -0.39 is 17.8 Å². The van der Waals surface area contributed by atoms with Gasteiger partial charge in [0.25, 0.3) is 11.8 Å². The van der Waals surface area contributed by atoms with Gasteiger partial charge >= 0.3 is 5.97 Å². The molecule has 8 heteroatoms. The quantitative estimate of drug-likeness (QED) is 0.328. The van der Waals surface area contributed by atoms with Gasteiger partial charge in [0.15, 0.2) is 0 Å². The average molecular weight is 341 g/mol. The Bertz CT molecular complexity index is 815. The summed E-state index contributed by atoms with van der Waals surface area (Å²) in [6.45, 7) is 0.